The van der Waals surface area contributed by atoms with Crippen molar-refractivity contribution in [3.8, 4) is 0 Å². The van der Waals surface area contributed by atoms with Gasteiger partial charge in [0, 0.05) is 12.8 Å². The van der Waals surface area contributed by atoms with Crippen LogP contribution in [0, 0.1) is 6.92 Å². The Labute approximate surface area is 89.1 Å². The number of rotatable bonds is 4. The highest BCUT2D eigenvalue weighted by atomic mass is 16.5. The number of nitrogens with zero attached hydrogens (tertiary/aromatic N) is 1. The van der Waals surface area contributed by atoms with Crippen molar-refractivity contribution in [2.45, 2.75) is 6.92 Å². The Morgan fingerprint density at radius 3 is 2.47 bits per heavy atom. The number of ether oxygens (including phenoxy) is 1. The quantitative estimate of drug-likeness (QED) is 0.826. The van der Waals surface area contributed by atoms with Crippen LogP contribution >= 0.6 is 0 Å². The number of methoxy groups -OCH3 is 1. The lowest BCUT2D eigenvalue weighted by Gasteiger charge is -2.18. The van der Waals surface area contributed by atoms with Gasteiger partial charge in [-0.05, 0) is 19.1 Å². The molecule has 0 unspecified atom stereocenters. The molecule has 82 valence electrons. The van der Waals surface area contributed by atoms with Crippen molar-refractivity contribution in [2.24, 2.45) is 0 Å². The third-order valence-corrected chi connectivity index (χ3v) is 2.10. The highest BCUT2D eigenvalue weighted by molar-refractivity contribution is 5.85. The molecule has 1 aromatic rings. The summed E-state index contributed by atoms with van der Waals surface area (Å²) >= 11 is 0. The summed E-state index contributed by atoms with van der Waals surface area (Å²) in [6.07, 6.45) is -0.962. The highest BCUT2D eigenvalue weighted by Gasteiger charge is 2.12. The fraction of sp³-hybridized carbons (Fsp3) is 0.364. The van der Waals surface area contributed by atoms with E-state index in [0.717, 1.165) is 5.56 Å². The van der Waals surface area contributed by atoms with Crippen molar-refractivity contribution >= 4 is 11.8 Å². The normalized spacial score (nSPS) is 10.0. The number of hydrogen-bond acceptors (Lipinski definition) is 2. The zero-order chi connectivity index (χ0) is 11.3. The van der Waals surface area contributed by atoms with Crippen molar-refractivity contribution in [1.82, 2.24) is 0 Å². The average Bonchev–Trinajstić information content (AvgIpc) is 2.21. The minimum Gasteiger partial charge on any atom is -0.465 e. The summed E-state index contributed by atoms with van der Waals surface area (Å²) in [5, 5.41) is 8.99. The van der Waals surface area contributed by atoms with E-state index in [9.17, 15) is 4.79 Å². The molecule has 15 heavy (non-hydrogen) atoms. The first-order valence-corrected chi connectivity index (χ1v) is 4.71. The number of benzene rings is 1. The van der Waals surface area contributed by atoms with Crippen LogP contribution in [0.1, 0.15) is 5.56 Å². The lowest BCUT2D eigenvalue weighted by atomic mass is 10.2. The number of aryl methyl sites for hydroxylation is 1. The van der Waals surface area contributed by atoms with E-state index in [1.165, 1.54) is 4.90 Å². The van der Waals surface area contributed by atoms with Gasteiger partial charge in [0.1, 0.15) is 0 Å². The van der Waals surface area contributed by atoms with Gasteiger partial charge in [-0.25, -0.2) is 4.79 Å². The van der Waals surface area contributed by atoms with Crippen LogP contribution < -0.4 is 4.90 Å². The van der Waals surface area contributed by atoms with E-state index in [1.54, 1.807) is 19.2 Å². The van der Waals surface area contributed by atoms with Gasteiger partial charge in [0.15, 0.2) is 0 Å². The molecule has 0 aliphatic heterocycles. The zero-order valence-corrected chi connectivity index (χ0v) is 8.93. The van der Waals surface area contributed by atoms with Crippen LogP contribution in [0.3, 0.4) is 0 Å². The van der Waals surface area contributed by atoms with E-state index >= 15 is 0 Å². The standard InChI is InChI=1S/C11H15NO3/c1-9-3-5-10(6-4-9)12(11(13)14)7-8-15-2/h3-6H,7-8H2,1-2H3,(H,13,14). The van der Waals surface area contributed by atoms with Crippen molar-refractivity contribution in [3.05, 3.63) is 29.8 Å². The molecule has 0 saturated carbocycles. The molecule has 0 saturated heterocycles. The average molecular weight is 209 g/mol. The van der Waals surface area contributed by atoms with Gasteiger partial charge in [0.2, 0.25) is 0 Å². The molecule has 1 N–H and O–H groups in total. The van der Waals surface area contributed by atoms with Gasteiger partial charge in [-0.2, -0.15) is 0 Å². The highest BCUT2D eigenvalue weighted by Crippen LogP contribution is 2.14. The predicted octanol–water partition coefficient (Wildman–Crippen LogP) is 2.13. The summed E-state index contributed by atoms with van der Waals surface area (Å²) in [7, 11) is 1.55. The number of carbonyl (C=O) groups is 1. The molecule has 1 aromatic carbocycles. The van der Waals surface area contributed by atoms with Crippen LogP contribution in [-0.4, -0.2) is 31.5 Å². The van der Waals surface area contributed by atoms with E-state index < -0.39 is 6.09 Å². The molecule has 1 rings (SSSR count). The van der Waals surface area contributed by atoms with Gasteiger partial charge < -0.3 is 9.84 Å². The molecule has 0 atom stereocenters. The fourth-order valence-electron chi connectivity index (χ4n) is 1.24. The summed E-state index contributed by atoms with van der Waals surface area (Å²) in [5.74, 6) is 0. The lowest BCUT2D eigenvalue weighted by molar-refractivity contribution is 0.186. The van der Waals surface area contributed by atoms with Crippen LogP contribution in [0.5, 0.6) is 0 Å². The molecule has 4 heteroatoms. The lowest BCUT2D eigenvalue weighted by Crippen LogP contribution is -2.32. The molecule has 0 aliphatic carbocycles. The summed E-state index contributed by atoms with van der Waals surface area (Å²) in [6, 6.07) is 7.36. The van der Waals surface area contributed by atoms with E-state index in [4.69, 9.17) is 9.84 Å². The number of hydrogen-bond donors (Lipinski definition) is 1. The Morgan fingerprint density at radius 2 is 2.00 bits per heavy atom. The molecule has 0 fully saturated rings. The van der Waals surface area contributed by atoms with Gasteiger partial charge in [-0.3, -0.25) is 4.90 Å². The molecule has 0 bridgehead atoms. The maximum atomic E-state index is 11.0. The predicted molar refractivity (Wildman–Crippen MR) is 58.4 cm³/mol. The van der Waals surface area contributed by atoms with E-state index in [2.05, 4.69) is 0 Å². The minimum absolute atomic E-state index is 0.342. The second kappa shape index (κ2) is 5.36. The first-order chi connectivity index (χ1) is 7.15. The fourth-order valence-corrected chi connectivity index (χ4v) is 1.24. The summed E-state index contributed by atoms with van der Waals surface area (Å²) in [4.78, 5) is 12.2. The summed E-state index contributed by atoms with van der Waals surface area (Å²) in [5.41, 5.74) is 1.78. The van der Waals surface area contributed by atoms with Crippen LogP contribution in [0.25, 0.3) is 0 Å². The Balaban J connectivity index is 2.79. The molecular formula is C11H15NO3. The molecule has 4 nitrogen and oxygen atoms in total. The van der Waals surface area contributed by atoms with Crippen LogP contribution in [0.4, 0.5) is 10.5 Å². The third kappa shape index (κ3) is 3.25. The van der Waals surface area contributed by atoms with Crippen molar-refractivity contribution in [1.29, 1.82) is 0 Å². The molecule has 0 radical (unpaired) electrons. The molecule has 0 aliphatic rings. The second-order valence-corrected chi connectivity index (χ2v) is 3.26. The van der Waals surface area contributed by atoms with E-state index in [1.807, 2.05) is 19.1 Å². The Hall–Kier alpha value is -1.55. The van der Waals surface area contributed by atoms with Gasteiger partial charge >= 0.3 is 6.09 Å². The Bertz CT molecular complexity index is 321. The second-order valence-electron chi connectivity index (χ2n) is 3.26. The van der Waals surface area contributed by atoms with Crippen molar-refractivity contribution in [3.63, 3.8) is 0 Å². The summed E-state index contributed by atoms with van der Waals surface area (Å²) < 4.78 is 4.86. The van der Waals surface area contributed by atoms with E-state index in [0.29, 0.717) is 18.8 Å². The van der Waals surface area contributed by atoms with Crippen LogP contribution in [0.15, 0.2) is 24.3 Å². The zero-order valence-electron chi connectivity index (χ0n) is 8.93. The van der Waals surface area contributed by atoms with Crippen LogP contribution in [-0.2, 0) is 4.74 Å². The monoisotopic (exact) mass is 209 g/mol. The number of amides is 1. The molecule has 0 aromatic heterocycles. The van der Waals surface area contributed by atoms with Gasteiger partial charge in [-0.15, -0.1) is 0 Å². The first kappa shape index (κ1) is 11.5. The smallest absolute Gasteiger partial charge is 0.411 e. The maximum Gasteiger partial charge on any atom is 0.411 e. The van der Waals surface area contributed by atoms with Gasteiger partial charge in [0.25, 0.3) is 0 Å². The third-order valence-electron chi connectivity index (χ3n) is 2.10. The summed E-state index contributed by atoms with van der Waals surface area (Å²) in [6.45, 7) is 2.69. The molecular weight excluding hydrogens is 194 g/mol. The van der Waals surface area contributed by atoms with Crippen molar-refractivity contribution < 1.29 is 14.6 Å². The maximum absolute atomic E-state index is 11.0. The molecule has 1 amide bonds. The number of carboxylic acid groups (broad SMARTS) is 1. The van der Waals surface area contributed by atoms with Crippen LogP contribution in [0.2, 0.25) is 0 Å². The molecule has 0 spiro atoms. The van der Waals surface area contributed by atoms with E-state index in [-0.39, 0.29) is 0 Å². The van der Waals surface area contributed by atoms with Gasteiger partial charge in [-0.1, -0.05) is 17.7 Å². The van der Waals surface area contributed by atoms with Gasteiger partial charge in [0.05, 0.1) is 13.2 Å². The first-order valence-electron chi connectivity index (χ1n) is 4.71. The largest absolute Gasteiger partial charge is 0.465 e. The SMILES string of the molecule is COCCN(C(=O)O)c1ccc(C)cc1. The topological polar surface area (TPSA) is 49.8 Å². The van der Waals surface area contributed by atoms with Crippen molar-refractivity contribution in [2.75, 3.05) is 25.2 Å². The minimum atomic E-state index is -0.962. The Morgan fingerprint density at radius 1 is 1.40 bits per heavy atom. The Kier molecular flexibility index (Phi) is 4.12. The molecule has 0 heterocycles. The number of anilines is 1.